The third-order valence-electron chi connectivity index (χ3n) is 4.16. The second-order valence-electron chi connectivity index (χ2n) is 6.23. The topological polar surface area (TPSA) is 147 Å². The van der Waals surface area contributed by atoms with Crippen LogP contribution in [0, 0.1) is 0 Å². The summed E-state index contributed by atoms with van der Waals surface area (Å²) in [7, 11) is 0. The zero-order valence-electron chi connectivity index (χ0n) is 13.1. The van der Waals surface area contributed by atoms with Crippen LogP contribution in [0.5, 0.6) is 0 Å². The molecule has 0 aromatic heterocycles. The van der Waals surface area contributed by atoms with Crippen LogP contribution in [-0.2, 0) is 9.59 Å². The van der Waals surface area contributed by atoms with Gasteiger partial charge in [0.25, 0.3) is 5.91 Å². The molecule has 1 fully saturated rings. The average molecular weight is 333 g/mol. The summed E-state index contributed by atoms with van der Waals surface area (Å²) >= 11 is 0. The molecule has 0 aliphatic heterocycles. The van der Waals surface area contributed by atoms with E-state index < -0.39 is 35.8 Å². The highest BCUT2D eigenvalue weighted by molar-refractivity contribution is 5.85. The van der Waals surface area contributed by atoms with Crippen molar-refractivity contribution in [3.8, 4) is 0 Å². The van der Waals surface area contributed by atoms with Crippen LogP contribution in [0.3, 0.4) is 0 Å². The van der Waals surface area contributed by atoms with E-state index in [0.29, 0.717) is 19.4 Å². The number of hydrogen-bond acceptors (Lipinski definition) is 6. The van der Waals surface area contributed by atoms with Gasteiger partial charge in [-0.2, -0.15) is 0 Å². The largest absolute Gasteiger partial charge is 0.481 e. The zero-order chi connectivity index (χ0) is 17.5. The summed E-state index contributed by atoms with van der Waals surface area (Å²) in [5.41, 5.74) is -1.88. The van der Waals surface area contributed by atoms with Crippen molar-refractivity contribution >= 4 is 11.9 Å². The first kappa shape index (κ1) is 19.8. The molecule has 0 aromatic rings. The van der Waals surface area contributed by atoms with Crippen molar-refractivity contribution in [3.05, 3.63) is 0 Å². The number of amides is 1. The molecule has 1 saturated carbocycles. The molecule has 0 spiro atoms. The lowest BCUT2D eigenvalue weighted by atomic mass is 9.79. The van der Waals surface area contributed by atoms with E-state index in [9.17, 15) is 30.0 Å². The van der Waals surface area contributed by atoms with Gasteiger partial charge in [0.05, 0.1) is 12.2 Å². The Labute approximate surface area is 135 Å². The summed E-state index contributed by atoms with van der Waals surface area (Å²) in [5, 5.41) is 49.9. The molecule has 8 heteroatoms. The number of rotatable bonds is 9. The van der Waals surface area contributed by atoms with Crippen molar-refractivity contribution in [2.45, 2.75) is 75.3 Å². The quantitative estimate of drug-likeness (QED) is 0.301. The van der Waals surface area contributed by atoms with Gasteiger partial charge in [-0.3, -0.25) is 9.59 Å². The maximum atomic E-state index is 12.0. The van der Waals surface area contributed by atoms with Gasteiger partial charge in [-0.1, -0.05) is 19.3 Å². The van der Waals surface area contributed by atoms with Gasteiger partial charge in [-0.25, -0.2) is 0 Å². The third kappa shape index (κ3) is 6.42. The Morgan fingerprint density at radius 1 is 0.957 bits per heavy atom. The Morgan fingerprint density at radius 2 is 1.48 bits per heavy atom. The number of aliphatic hydroxyl groups excluding tert-OH is 3. The fourth-order valence-corrected chi connectivity index (χ4v) is 2.76. The number of unbranched alkanes of at least 4 members (excludes halogenated alkanes) is 4. The van der Waals surface area contributed by atoms with E-state index in [2.05, 4.69) is 5.32 Å². The molecule has 0 heterocycles. The van der Waals surface area contributed by atoms with Crippen molar-refractivity contribution in [3.63, 3.8) is 0 Å². The molecule has 4 atom stereocenters. The number of carboxylic acid groups (broad SMARTS) is 1. The van der Waals surface area contributed by atoms with Crippen LogP contribution in [0.4, 0.5) is 0 Å². The van der Waals surface area contributed by atoms with E-state index in [1.807, 2.05) is 0 Å². The lowest BCUT2D eigenvalue weighted by Crippen LogP contribution is -2.59. The van der Waals surface area contributed by atoms with Gasteiger partial charge < -0.3 is 30.8 Å². The molecule has 134 valence electrons. The maximum Gasteiger partial charge on any atom is 0.303 e. The van der Waals surface area contributed by atoms with Crippen molar-refractivity contribution < 1.29 is 35.1 Å². The summed E-state index contributed by atoms with van der Waals surface area (Å²) in [6.45, 7) is 0.356. The van der Waals surface area contributed by atoms with E-state index in [-0.39, 0.29) is 19.3 Å². The number of carbonyl (C=O) groups is 2. The summed E-state index contributed by atoms with van der Waals surface area (Å²) < 4.78 is 0. The molecule has 3 unspecified atom stereocenters. The van der Waals surface area contributed by atoms with E-state index >= 15 is 0 Å². The fourth-order valence-electron chi connectivity index (χ4n) is 2.76. The minimum absolute atomic E-state index is 0.167. The van der Waals surface area contributed by atoms with E-state index in [0.717, 1.165) is 19.3 Å². The highest BCUT2D eigenvalue weighted by atomic mass is 16.4. The molecule has 1 aliphatic carbocycles. The molecule has 1 amide bonds. The summed E-state index contributed by atoms with van der Waals surface area (Å²) in [6.07, 6.45) is -0.637. The van der Waals surface area contributed by atoms with Crippen molar-refractivity contribution in [1.82, 2.24) is 5.32 Å². The standard InChI is InChI=1S/C15H27NO7/c17-10-8-15(23,9-11(18)13(10)21)14(22)16-7-5-3-1-2-4-6-12(19)20/h10-11,13,17-18,21,23H,1-9H2,(H,16,22)(H,19,20)/t10-,11?,13?,15?/m1/s1. The van der Waals surface area contributed by atoms with Crippen LogP contribution >= 0.6 is 0 Å². The SMILES string of the molecule is O=C(O)CCCCCCCNC(=O)C1(O)CC(O)C(O)[C@H](O)C1. The Kier molecular flexibility index (Phi) is 7.90. The lowest BCUT2D eigenvalue weighted by Gasteiger charge is -2.39. The third-order valence-corrected chi connectivity index (χ3v) is 4.16. The van der Waals surface area contributed by atoms with Crippen LogP contribution in [0.1, 0.15) is 51.4 Å². The van der Waals surface area contributed by atoms with E-state index in [1.54, 1.807) is 0 Å². The van der Waals surface area contributed by atoms with Crippen LogP contribution < -0.4 is 5.32 Å². The van der Waals surface area contributed by atoms with Gasteiger partial charge >= 0.3 is 5.97 Å². The van der Waals surface area contributed by atoms with Gasteiger partial charge in [0.1, 0.15) is 11.7 Å². The average Bonchev–Trinajstić information content (AvgIpc) is 2.46. The highest BCUT2D eigenvalue weighted by Gasteiger charge is 2.48. The van der Waals surface area contributed by atoms with Crippen molar-refractivity contribution in [2.24, 2.45) is 0 Å². The second kappa shape index (κ2) is 9.17. The molecule has 0 bridgehead atoms. The number of nitrogens with one attached hydrogen (secondary N) is 1. The van der Waals surface area contributed by atoms with E-state index in [1.165, 1.54) is 0 Å². The summed E-state index contributed by atoms with van der Waals surface area (Å²) in [6, 6.07) is 0. The molecule has 1 aliphatic rings. The molecule has 23 heavy (non-hydrogen) atoms. The Hall–Kier alpha value is -1.22. The van der Waals surface area contributed by atoms with Gasteiger partial charge in [0, 0.05) is 25.8 Å². The fraction of sp³-hybridized carbons (Fsp3) is 0.867. The number of aliphatic carboxylic acids is 1. The maximum absolute atomic E-state index is 12.0. The first-order valence-corrected chi connectivity index (χ1v) is 8.03. The summed E-state index contributed by atoms with van der Waals surface area (Å²) in [4.78, 5) is 22.3. The normalized spacial score (nSPS) is 30.9. The predicted molar refractivity (Wildman–Crippen MR) is 80.6 cm³/mol. The number of carboxylic acids is 1. The van der Waals surface area contributed by atoms with Crippen LogP contribution in [-0.4, -0.2) is 67.9 Å². The molecule has 0 aromatic carbocycles. The Morgan fingerprint density at radius 3 is 2.04 bits per heavy atom. The first-order chi connectivity index (χ1) is 10.8. The van der Waals surface area contributed by atoms with Crippen molar-refractivity contribution in [1.29, 1.82) is 0 Å². The van der Waals surface area contributed by atoms with Gasteiger partial charge in [0.2, 0.25) is 0 Å². The number of hydrogen-bond donors (Lipinski definition) is 6. The number of carbonyl (C=O) groups excluding carboxylic acids is 1. The lowest BCUT2D eigenvalue weighted by molar-refractivity contribution is -0.172. The van der Waals surface area contributed by atoms with Crippen LogP contribution in [0.15, 0.2) is 0 Å². The molecular weight excluding hydrogens is 306 g/mol. The monoisotopic (exact) mass is 333 g/mol. The van der Waals surface area contributed by atoms with E-state index in [4.69, 9.17) is 5.11 Å². The molecular formula is C15H27NO7. The summed E-state index contributed by atoms with van der Waals surface area (Å²) in [5.74, 6) is -1.46. The molecule has 6 N–H and O–H groups in total. The van der Waals surface area contributed by atoms with Crippen LogP contribution in [0.2, 0.25) is 0 Å². The minimum Gasteiger partial charge on any atom is -0.481 e. The van der Waals surface area contributed by atoms with Gasteiger partial charge in [-0.05, 0) is 12.8 Å². The van der Waals surface area contributed by atoms with Gasteiger partial charge in [-0.15, -0.1) is 0 Å². The van der Waals surface area contributed by atoms with Crippen LogP contribution in [0.25, 0.3) is 0 Å². The van der Waals surface area contributed by atoms with Crippen molar-refractivity contribution in [2.75, 3.05) is 6.54 Å². The van der Waals surface area contributed by atoms with Gasteiger partial charge in [0.15, 0.2) is 0 Å². The number of aliphatic hydroxyl groups is 4. The zero-order valence-corrected chi connectivity index (χ0v) is 13.1. The minimum atomic E-state index is -1.88. The molecule has 8 nitrogen and oxygen atoms in total. The highest BCUT2D eigenvalue weighted by Crippen LogP contribution is 2.29. The first-order valence-electron chi connectivity index (χ1n) is 8.03. The molecule has 0 radical (unpaired) electrons. The smallest absolute Gasteiger partial charge is 0.303 e. The Balaban J connectivity index is 2.20. The molecule has 1 rings (SSSR count). The predicted octanol–water partition coefficient (Wildman–Crippen LogP) is -0.865. The molecule has 0 saturated heterocycles. The Bertz CT molecular complexity index is 389. The second-order valence-corrected chi connectivity index (χ2v) is 6.23.